The predicted molar refractivity (Wildman–Crippen MR) is 67.5 cm³/mol. The van der Waals surface area contributed by atoms with E-state index in [4.69, 9.17) is 15.5 Å². The van der Waals surface area contributed by atoms with Gasteiger partial charge in [0.1, 0.15) is 0 Å². The summed E-state index contributed by atoms with van der Waals surface area (Å²) in [6.07, 6.45) is -3.82. The van der Waals surface area contributed by atoms with Crippen molar-refractivity contribution in [1.29, 1.82) is 0.594 Å². The van der Waals surface area contributed by atoms with Crippen molar-refractivity contribution < 1.29 is 50.3 Å². The molecule has 1 aromatic rings. The Morgan fingerprint density at radius 3 is 2.55 bits per heavy atom. The number of benzene rings is 1. The van der Waals surface area contributed by atoms with Crippen molar-refractivity contribution in [2.45, 2.75) is 18.6 Å². The molecule has 6 nitrogen and oxygen atoms in total. The molecule has 0 bridgehead atoms. The van der Waals surface area contributed by atoms with E-state index in [1.54, 1.807) is 30.3 Å². The maximum atomic E-state index is 11.9. The third-order valence-electron chi connectivity index (χ3n) is 2.29. The average molecular weight is 413 g/mol. The molecule has 0 spiro atoms. The number of hydrogen-bond acceptors (Lipinski definition) is 6. The van der Waals surface area contributed by atoms with E-state index in [9.17, 15) is 14.4 Å². The number of carboxylic acids is 1. The number of aliphatic hydroxyl groups is 1. The van der Waals surface area contributed by atoms with Gasteiger partial charge >= 0.3 is 131 Å². The van der Waals surface area contributed by atoms with Gasteiger partial charge in [0.25, 0.3) is 0 Å². The molecule has 0 aromatic heterocycles. The van der Waals surface area contributed by atoms with Crippen LogP contribution in [0.15, 0.2) is 30.3 Å². The van der Waals surface area contributed by atoms with Crippen molar-refractivity contribution in [3.63, 3.8) is 0 Å². The topological polar surface area (TPSA) is 101 Å². The number of esters is 1. The van der Waals surface area contributed by atoms with Crippen molar-refractivity contribution in [2.24, 2.45) is 0 Å². The summed E-state index contributed by atoms with van der Waals surface area (Å²) in [6, 6.07) is 8.23. The van der Waals surface area contributed by atoms with Crippen molar-refractivity contribution in [3.8, 4) is 0 Å². The zero-order valence-electron chi connectivity index (χ0n) is 11.1. The maximum absolute atomic E-state index is 11.9. The summed E-state index contributed by atoms with van der Waals surface area (Å²) < 4.78 is 12.1. The van der Waals surface area contributed by atoms with Gasteiger partial charge in [-0.2, -0.15) is 0 Å². The number of carbonyl (C=O) groups excluding carboxylic acids is 2. The summed E-state index contributed by atoms with van der Waals surface area (Å²) in [5.74, 6) is -2.53. The second kappa shape index (κ2) is 8.22. The van der Waals surface area contributed by atoms with Crippen LogP contribution in [0, 0.1) is 0 Å². The molecule has 8 heteroatoms. The Kier molecular flexibility index (Phi) is 6.27. The molecule has 20 heavy (non-hydrogen) atoms. The third kappa shape index (κ3) is 5.10. The quantitative estimate of drug-likeness (QED) is 0.379. The number of aliphatic carboxylic acids is 1. The second-order valence-electron chi connectivity index (χ2n) is 3.73. The molecule has 0 aliphatic rings. The summed E-state index contributed by atoms with van der Waals surface area (Å²) in [4.78, 5) is 34.0. The van der Waals surface area contributed by atoms with Crippen LogP contribution in [-0.4, -0.2) is 34.0 Å². The minimum atomic E-state index is -1.87. The van der Waals surface area contributed by atoms with Crippen LogP contribution < -0.4 is 21.0 Å². The van der Waals surface area contributed by atoms with E-state index in [0.717, 1.165) is 8.93 Å². The Bertz CT molecular complexity index is 512. The molecule has 1 aromatic carbocycles. The molecule has 0 heterocycles. The number of carboxylic acid groups (broad SMARTS) is 1. The number of carbonyl (C=O) groups is 3. The van der Waals surface area contributed by atoms with Crippen LogP contribution in [-0.2, 0) is 19.1 Å². The van der Waals surface area contributed by atoms with Crippen molar-refractivity contribution in [3.05, 3.63) is 35.9 Å². The summed E-state index contributed by atoms with van der Waals surface area (Å²) in [5, 5.41) is 17.1. The van der Waals surface area contributed by atoms with Crippen LogP contribution in [0.1, 0.15) is 18.1 Å². The fraction of sp³-hybridized carbons (Fsp3) is 0.250. The van der Waals surface area contributed by atoms with Gasteiger partial charge in [0.15, 0.2) is 0 Å². The van der Waals surface area contributed by atoms with Gasteiger partial charge < -0.3 is 0 Å². The van der Waals surface area contributed by atoms with E-state index in [0.29, 0.717) is 5.56 Å². The third-order valence-corrected chi connectivity index (χ3v) is 3.96. The Balaban J connectivity index is 2.81. The van der Waals surface area contributed by atoms with Crippen LogP contribution in [0.2, 0.25) is 0 Å². The Hall–Kier alpha value is -1.13. The molecular formula is C12H12IO6S-. The summed E-state index contributed by atoms with van der Waals surface area (Å²) >= 11 is -1.13. The first-order valence-corrected chi connectivity index (χ1v) is 8.79. The Morgan fingerprint density at radius 2 is 2.00 bits per heavy atom. The van der Waals surface area contributed by atoms with E-state index < -0.39 is 56.7 Å². The van der Waals surface area contributed by atoms with Crippen LogP contribution in [0.3, 0.4) is 0 Å². The molecule has 110 valence electrons. The van der Waals surface area contributed by atoms with Gasteiger partial charge in [0.05, 0.1) is 0 Å². The van der Waals surface area contributed by atoms with Gasteiger partial charge in [-0.3, -0.25) is 0 Å². The van der Waals surface area contributed by atoms with Gasteiger partial charge in [-0.25, -0.2) is 0 Å². The Morgan fingerprint density at radius 1 is 1.35 bits per heavy atom. The summed E-state index contributed by atoms with van der Waals surface area (Å²) in [7, 11) is 0.783. The molecule has 0 fully saturated rings. The van der Waals surface area contributed by atoms with E-state index in [1.807, 2.05) is 0 Å². The summed E-state index contributed by atoms with van der Waals surface area (Å²) in [5.41, 5.74) is 0.436. The molecule has 2 atom stereocenters. The van der Waals surface area contributed by atoms with Gasteiger partial charge in [-0.1, -0.05) is 0 Å². The number of ether oxygens (including phenoxy) is 1. The first kappa shape index (κ1) is 15.3. The first-order valence-electron chi connectivity index (χ1n) is 5.81. The fourth-order valence-electron chi connectivity index (χ4n) is 1.35. The van der Waals surface area contributed by atoms with Crippen LogP contribution in [0.5, 0.6) is 0 Å². The predicted octanol–water partition coefficient (Wildman–Crippen LogP) is -2.43. The molecule has 0 radical (unpaired) electrons. The second-order valence-corrected chi connectivity index (χ2v) is 5.61. The zero-order valence-corrected chi connectivity index (χ0v) is 13.0. The number of aliphatic hydroxyl groups excluding tert-OH is 1. The molecule has 1 rings (SSSR count). The molecule has 0 aliphatic carbocycles. The number of halogens is 1. The van der Waals surface area contributed by atoms with Gasteiger partial charge in [-0.05, 0) is 0 Å². The average Bonchev–Trinajstić information content (AvgIpc) is 2.45. The molecule has 0 aliphatic heterocycles. The van der Waals surface area contributed by atoms with Crippen LogP contribution in [0.25, 0.3) is 0 Å². The first-order chi connectivity index (χ1) is 9.95. The fourth-order valence-corrected chi connectivity index (χ4v) is 2.30. The van der Waals surface area contributed by atoms with Gasteiger partial charge in [0, 0.05) is 0 Å². The van der Waals surface area contributed by atoms with Crippen molar-refractivity contribution >= 4 is 26.0 Å². The van der Waals surface area contributed by atoms with Gasteiger partial charge in [0.2, 0.25) is 0 Å². The molecule has 0 amide bonds. The number of rotatable bonds is 7. The minimum absolute atomic E-state index is 0.436. The molecule has 0 saturated heterocycles. The van der Waals surface area contributed by atoms with Crippen molar-refractivity contribution in [2.75, 3.05) is 0 Å². The molecule has 0 unspecified atom stereocenters. The zero-order chi connectivity index (χ0) is 15.8. The number of hydrogen-bond donors (Lipinski definition) is 2. The SMILES string of the molecule is [3H][I-]SC(=O)[C@@H](OC(=O)C[C@H](O)C(=O)O)c1ccccc1. The standard InChI is InChI=1S/C12H12IO6S/c13-20-12(18)10(7-4-2-1-3-5-7)19-9(15)6-8(14)11(16)17/h1-5,8,10,13-14H,6H2,(H,16,17)/q-1/t8-,10-/m0/s1/i13T. The van der Waals surface area contributed by atoms with E-state index in [-0.39, 0.29) is 0 Å². The van der Waals surface area contributed by atoms with Crippen molar-refractivity contribution in [1.82, 2.24) is 0 Å². The molecule has 2 N–H and O–H groups in total. The molecular weight excluding hydrogens is 399 g/mol. The summed E-state index contributed by atoms with van der Waals surface area (Å²) in [6.45, 7) is 0. The van der Waals surface area contributed by atoms with E-state index in [2.05, 4.69) is 0 Å². The van der Waals surface area contributed by atoms with E-state index in [1.165, 1.54) is 0 Å². The van der Waals surface area contributed by atoms with Gasteiger partial charge in [-0.15, -0.1) is 0 Å². The monoisotopic (exact) mass is 413 g/mol. The van der Waals surface area contributed by atoms with Crippen LogP contribution >= 0.6 is 8.93 Å². The van der Waals surface area contributed by atoms with Crippen LogP contribution in [0.4, 0.5) is 0 Å². The molecule has 0 saturated carbocycles. The van der Waals surface area contributed by atoms with E-state index >= 15 is 0 Å². The Labute approximate surface area is 131 Å². The normalized spacial score (nSPS) is 14.2.